The number of hydrogen-bond donors (Lipinski definition) is 1. The molecule has 0 aliphatic heterocycles. The zero-order chi connectivity index (χ0) is 13.1. The van der Waals surface area contributed by atoms with Gasteiger partial charge < -0.3 is 10.5 Å². The second kappa shape index (κ2) is 5.23. The summed E-state index contributed by atoms with van der Waals surface area (Å²) in [5.41, 5.74) is 6.15. The van der Waals surface area contributed by atoms with Gasteiger partial charge in [0.05, 0.1) is 10.7 Å². The SMILES string of the molecule is Nc1cc(OCc2ccc(F)cc2)c(Cl)cc1F. The van der Waals surface area contributed by atoms with Crippen molar-refractivity contribution in [3.8, 4) is 5.75 Å². The molecule has 0 aromatic heterocycles. The molecule has 2 aromatic carbocycles. The van der Waals surface area contributed by atoms with Crippen molar-refractivity contribution in [2.45, 2.75) is 6.61 Å². The smallest absolute Gasteiger partial charge is 0.147 e. The van der Waals surface area contributed by atoms with Crippen LogP contribution in [0.2, 0.25) is 5.02 Å². The average molecular weight is 270 g/mol. The van der Waals surface area contributed by atoms with E-state index in [1.807, 2.05) is 0 Å². The molecule has 0 atom stereocenters. The summed E-state index contributed by atoms with van der Waals surface area (Å²) in [6.45, 7) is 0.199. The third kappa shape index (κ3) is 2.90. The highest BCUT2D eigenvalue weighted by Gasteiger charge is 2.07. The van der Waals surface area contributed by atoms with Crippen molar-refractivity contribution in [1.29, 1.82) is 0 Å². The first-order valence-electron chi connectivity index (χ1n) is 5.18. The lowest BCUT2D eigenvalue weighted by Crippen LogP contribution is -1.98. The van der Waals surface area contributed by atoms with E-state index in [1.165, 1.54) is 18.2 Å². The number of halogens is 3. The normalized spacial score (nSPS) is 10.4. The Balaban J connectivity index is 2.10. The Morgan fingerprint density at radius 3 is 2.44 bits per heavy atom. The predicted molar refractivity (Wildman–Crippen MR) is 66.6 cm³/mol. The van der Waals surface area contributed by atoms with Crippen LogP contribution in [0.1, 0.15) is 5.56 Å². The Kier molecular flexibility index (Phi) is 3.67. The van der Waals surface area contributed by atoms with Crippen molar-refractivity contribution in [1.82, 2.24) is 0 Å². The summed E-state index contributed by atoms with van der Waals surface area (Å²) >= 11 is 5.81. The van der Waals surface area contributed by atoms with Gasteiger partial charge in [-0.15, -0.1) is 0 Å². The van der Waals surface area contributed by atoms with E-state index in [-0.39, 0.29) is 23.1 Å². The molecule has 0 radical (unpaired) electrons. The Morgan fingerprint density at radius 1 is 1.11 bits per heavy atom. The van der Waals surface area contributed by atoms with Crippen molar-refractivity contribution in [2.75, 3.05) is 5.73 Å². The summed E-state index contributed by atoms with van der Waals surface area (Å²) in [6, 6.07) is 8.27. The molecule has 0 heterocycles. The lowest BCUT2D eigenvalue weighted by Gasteiger charge is -2.09. The van der Waals surface area contributed by atoms with Gasteiger partial charge >= 0.3 is 0 Å². The summed E-state index contributed by atoms with van der Waals surface area (Å²) in [7, 11) is 0. The van der Waals surface area contributed by atoms with E-state index in [0.717, 1.165) is 11.6 Å². The van der Waals surface area contributed by atoms with Gasteiger partial charge in [-0.1, -0.05) is 23.7 Å². The quantitative estimate of drug-likeness (QED) is 0.861. The van der Waals surface area contributed by atoms with Crippen LogP contribution in [0.5, 0.6) is 5.75 Å². The first-order chi connectivity index (χ1) is 8.56. The molecule has 0 saturated heterocycles. The van der Waals surface area contributed by atoms with Crippen LogP contribution in [0.15, 0.2) is 36.4 Å². The zero-order valence-corrected chi connectivity index (χ0v) is 10.0. The molecule has 0 spiro atoms. The molecule has 18 heavy (non-hydrogen) atoms. The van der Waals surface area contributed by atoms with Crippen molar-refractivity contribution in [3.63, 3.8) is 0 Å². The largest absolute Gasteiger partial charge is 0.487 e. The first kappa shape index (κ1) is 12.6. The first-order valence-corrected chi connectivity index (χ1v) is 5.56. The van der Waals surface area contributed by atoms with Gasteiger partial charge in [0, 0.05) is 6.07 Å². The molecule has 2 nitrogen and oxygen atoms in total. The van der Waals surface area contributed by atoms with Gasteiger partial charge in [0.25, 0.3) is 0 Å². The van der Waals surface area contributed by atoms with Crippen molar-refractivity contribution >= 4 is 17.3 Å². The zero-order valence-electron chi connectivity index (χ0n) is 9.29. The highest BCUT2D eigenvalue weighted by molar-refractivity contribution is 6.32. The molecular weight excluding hydrogens is 260 g/mol. The van der Waals surface area contributed by atoms with Crippen LogP contribution in [0, 0.1) is 11.6 Å². The summed E-state index contributed by atoms with van der Waals surface area (Å²) in [4.78, 5) is 0. The number of anilines is 1. The Morgan fingerprint density at radius 2 is 1.78 bits per heavy atom. The van der Waals surface area contributed by atoms with Gasteiger partial charge in [-0.25, -0.2) is 8.78 Å². The molecule has 94 valence electrons. The molecule has 0 unspecified atom stereocenters. The summed E-state index contributed by atoms with van der Waals surface area (Å²) in [5.74, 6) is -0.614. The van der Waals surface area contributed by atoms with E-state index >= 15 is 0 Å². The summed E-state index contributed by atoms with van der Waals surface area (Å²) < 4.78 is 31.1. The Labute approximate surface area is 108 Å². The van der Waals surface area contributed by atoms with Gasteiger partial charge in [-0.3, -0.25) is 0 Å². The summed E-state index contributed by atoms with van der Waals surface area (Å²) in [6.07, 6.45) is 0. The molecule has 0 aliphatic rings. The minimum absolute atomic E-state index is 0.0338. The second-order valence-electron chi connectivity index (χ2n) is 3.72. The van der Waals surface area contributed by atoms with E-state index in [1.54, 1.807) is 12.1 Å². The fourth-order valence-corrected chi connectivity index (χ4v) is 1.60. The van der Waals surface area contributed by atoms with E-state index in [2.05, 4.69) is 0 Å². The monoisotopic (exact) mass is 269 g/mol. The fourth-order valence-electron chi connectivity index (χ4n) is 1.40. The molecule has 2 aromatic rings. The molecule has 0 amide bonds. The van der Waals surface area contributed by atoms with Crippen LogP contribution < -0.4 is 10.5 Å². The lowest BCUT2D eigenvalue weighted by molar-refractivity contribution is 0.306. The predicted octanol–water partition coefficient (Wildman–Crippen LogP) is 3.78. The maximum absolute atomic E-state index is 13.1. The number of ether oxygens (including phenoxy) is 1. The van der Waals surface area contributed by atoms with Crippen LogP contribution in [-0.2, 0) is 6.61 Å². The molecule has 0 aliphatic carbocycles. The maximum Gasteiger partial charge on any atom is 0.147 e. The van der Waals surface area contributed by atoms with Gasteiger partial charge in [0.1, 0.15) is 24.0 Å². The topological polar surface area (TPSA) is 35.2 Å². The van der Waals surface area contributed by atoms with Crippen LogP contribution in [-0.4, -0.2) is 0 Å². The minimum Gasteiger partial charge on any atom is -0.487 e. The van der Waals surface area contributed by atoms with E-state index in [0.29, 0.717) is 5.75 Å². The molecule has 2 rings (SSSR count). The molecule has 0 fully saturated rings. The number of hydrogen-bond acceptors (Lipinski definition) is 2. The van der Waals surface area contributed by atoms with Crippen LogP contribution >= 0.6 is 11.6 Å². The van der Waals surface area contributed by atoms with Crippen LogP contribution in [0.3, 0.4) is 0 Å². The molecule has 5 heteroatoms. The highest BCUT2D eigenvalue weighted by Crippen LogP contribution is 2.29. The number of benzene rings is 2. The van der Waals surface area contributed by atoms with E-state index < -0.39 is 5.82 Å². The molecule has 0 bridgehead atoms. The van der Waals surface area contributed by atoms with E-state index in [9.17, 15) is 8.78 Å². The lowest BCUT2D eigenvalue weighted by atomic mass is 10.2. The Hall–Kier alpha value is -1.81. The van der Waals surface area contributed by atoms with E-state index in [4.69, 9.17) is 22.1 Å². The van der Waals surface area contributed by atoms with Gasteiger partial charge in [-0.05, 0) is 23.8 Å². The average Bonchev–Trinajstić information content (AvgIpc) is 2.34. The van der Waals surface area contributed by atoms with Gasteiger partial charge in [0.2, 0.25) is 0 Å². The fraction of sp³-hybridized carbons (Fsp3) is 0.0769. The minimum atomic E-state index is -0.589. The molecule has 0 saturated carbocycles. The number of nitrogens with two attached hydrogens (primary N) is 1. The highest BCUT2D eigenvalue weighted by atomic mass is 35.5. The number of nitrogen functional groups attached to an aromatic ring is 1. The van der Waals surface area contributed by atoms with Gasteiger partial charge in [0.15, 0.2) is 0 Å². The standard InChI is InChI=1S/C13H10ClF2NO/c14-10-5-11(16)12(17)6-13(10)18-7-8-1-3-9(15)4-2-8/h1-6H,7,17H2. The van der Waals surface area contributed by atoms with Crippen molar-refractivity contribution in [2.24, 2.45) is 0 Å². The second-order valence-corrected chi connectivity index (χ2v) is 4.13. The molecule has 2 N–H and O–H groups in total. The molecular formula is C13H10ClF2NO. The third-order valence-electron chi connectivity index (χ3n) is 2.36. The van der Waals surface area contributed by atoms with Crippen molar-refractivity contribution < 1.29 is 13.5 Å². The number of rotatable bonds is 3. The maximum atomic E-state index is 13.1. The van der Waals surface area contributed by atoms with Crippen LogP contribution in [0.25, 0.3) is 0 Å². The van der Waals surface area contributed by atoms with Gasteiger partial charge in [-0.2, -0.15) is 0 Å². The van der Waals surface area contributed by atoms with Crippen molar-refractivity contribution in [3.05, 3.63) is 58.6 Å². The van der Waals surface area contributed by atoms with Crippen LogP contribution in [0.4, 0.5) is 14.5 Å². The summed E-state index contributed by atoms with van der Waals surface area (Å²) in [5, 5.41) is 0.142. The Bertz CT molecular complexity index is 558. The third-order valence-corrected chi connectivity index (χ3v) is 2.65.